The Labute approximate surface area is 155 Å². The van der Waals surface area contributed by atoms with E-state index in [9.17, 15) is 4.79 Å². The van der Waals surface area contributed by atoms with Gasteiger partial charge in [-0.05, 0) is 54.1 Å². The van der Waals surface area contributed by atoms with Crippen molar-refractivity contribution >= 4 is 5.78 Å². The van der Waals surface area contributed by atoms with E-state index >= 15 is 0 Å². The molecule has 0 fully saturated rings. The summed E-state index contributed by atoms with van der Waals surface area (Å²) >= 11 is 0. The number of hydrogen-bond acceptors (Lipinski definition) is 6. The van der Waals surface area contributed by atoms with E-state index in [-0.39, 0.29) is 12.2 Å². The smallest absolute Gasteiger partial charge is 0.283 e. The monoisotopic (exact) mass is 360 g/mol. The first-order valence-corrected chi connectivity index (χ1v) is 8.37. The molecule has 6 heteroatoms. The number of carbonyl (C=O) groups excluding carboxylic acids is 1. The van der Waals surface area contributed by atoms with Crippen LogP contribution in [-0.2, 0) is 6.42 Å². The van der Waals surface area contributed by atoms with E-state index < -0.39 is 0 Å². The van der Waals surface area contributed by atoms with Crippen molar-refractivity contribution in [2.75, 3.05) is 7.11 Å². The maximum Gasteiger partial charge on any atom is 0.283 e. The number of furan rings is 1. The Hall–Kier alpha value is -3.67. The van der Waals surface area contributed by atoms with Gasteiger partial charge in [0, 0.05) is 17.5 Å². The molecule has 27 heavy (non-hydrogen) atoms. The minimum atomic E-state index is 0.0246. The average Bonchev–Trinajstić information content (AvgIpc) is 3.40. The molecule has 2 heterocycles. The molecule has 0 aliphatic heterocycles. The second-order valence-corrected chi connectivity index (χ2v) is 5.92. The third-order valence-electron chi connectivity index (χ3n) is 4.11. The van der Waals surface area contributed by atoms with Gasteiger partial charge in [-0.1, -0.05) is 12.1 Å². The fourth-order valence-corrected chi connectivity index (χ4v) is 2.72. The van der Waals surface area contributed by atoms with Gasteiger partial charge in [-0.3, -0.25) is 4.79 Å². The van der Waals surface area contributed by atoms with Crippen molar-refractivity contribution in [3.8, 4) is 28.9 Å². The highest BCUT2D eigenvalue weighted by Crippen LogP contribution is 2.25. The Morgan fingerprint density at radius 3 is 2.56 bits per heavy atom. The van der Waals surface area contributed by atoms with Crippen molar-refractivity contribution in [2.24, 2.45) is 0 Å². The fourth-order valence-electron chi connectivity index (χ4n) is 2.72. The van der Waals surface area contributed by atoms with E-state index in [2.05, 4.69) is 10.2 Å². The van der Waals surface area contributed by atoms with Crippen LogP contribution in [0.5, 0.6) is 5.75 Å². The Kier molecular flexibility index (Phi) is 4.53. The molecule has 0 saturated heterocycles. The number of rotatable bonds is 6. The van der Waals surface area contributed by atoms with Gasteiger partial charge in [0.05, 0.1) is 13.4 Å². The van der Waals surface area contributed by atoms with Crippen LogP contribution in [0.2, 0.25) is 0 Å². The number of Topliss-reactive ketones (excluding diaryl/α,β-unsaturated/α-hetero) is 1. The first kappa shape index (κ1) is 16.8. The first-order valence-electron chi connectivity index (χ1n) is 8.37. The maximum absolute atomic E-state index is 12.5. The van der Waals surface area contributed by atoms with Crippen molar-refractivity contribution in [3.63, 3.8) is 0 Å². The van der Waals surface area contributed by atoms with Crippen LogP contribution in [0.1, 0.15) is 15.9 Å². The summed E-state index contributed by atoms with van der Waals surface area (Å²) in [6.07, 6.45) is 1.82. The molecular weight excluding hydrogens is 344 g/mol. The molecule has 0 N–H and O–H groups in total. The molecule has 0 radical (unpaired) electrons. The highest BCUT2D eigenvalue weighted by atomic mass is 16.5. The predicted molar refractivity (Wildman–Crippen MR) is 98.5 cm³/mol. The summed E-state index contributed by atoms with van der Waals surface area (Å²) in [5.74, 6) is 1.95. The van der Waals surface area contributed by atoms with Gasteiger partial charge in [0.1, 0.15) is 5.75 Å². The second kappa shape index (κ2) is 7.29. The van der Waals surface area contributed by atoms with Crippen LogP contribution in [-0.4, -0.2) is 23.1 Å². The lowest BCUT2D eigenvalue weighted by atomic mass is 10.0. The number of carbonyl (C=O) groups is 1. The topological polar surface area (TPSA) is 78.4 Å². The normalized spacial score (nSPS) is 10.7. The molecule has 0 aliphatic carbocycles. The molecular formula is C21H16N2O4. The Bertz CT molecular complexity index is 1050. The molecule has 0 saturated carbocycles. The standard InChI is InChI=1S/C21H16N2O4/c1-25-17-9-7-15(8-10-17)18(24)13-14-4-2-5-16(12-14)20-22-23-21(27-20)19-6-3-11-26-19/h2-12H,13H2,1H3. The molecule has 0 aliphatic rings. The number of ether oxygens (including phenoxy) is 1. The molecule has 2 aromatic heterocycles. The lowest BCUT2D eigenvalue weighted by Crippen LogP contribution is -2.03. The van der Waals surface area contributed by atoms with Crippen molar-refractivity contribution in [1.29, 1.82) is 0 Å². The number of ketones is 1. The van der Waals surface area contributed by atoms with Crippen LogP contribution in [0.25, 0.3) is 23.1 Å². The number of hydrogen-bond donors (Lipinski definition) is 0. The van der Waals surface area contributed by atoms with Gasteiger partial charge in [0.25, 0.3) is 5.89 Å². The van der Waals surface area contributed by atoms with Gasteiger partial charge in [0.15, 0.2) is 11.5 Å². The molecule has 0 unspecified atom stereocenters. The van der Waals surface area contributed by atoms with E-state index in [1.807, 2.05) is 24.3 Å². The van der Waals surface area contributed by atoms with Gasteiger partial charge in [-0.2, -0.15) is 0 Å². The zero-order valence-corrected chi connectivity index (χ0v) is 14.6. The Balaban J connectivity index is 1.53. The molecule has 4 rings (SSSR count). The zero-order chi connectivity index (χ0) is 18.6. The third-order valence-corrected chi connectivity index (χ3v) is 4.11. The van der Waals surface area contributed by atoms with E-state index in [1.165, 1.54) is 0 Å². The highest BCUT2D eigenvalue weighted by molar-refractivity contribution is 5.97. The molecule has 6 nitrogen and oxygen atoms in total. The molecule has 0 amide bonds. The van der Waals surface area contributed by atoms with Crippen LogP contribution in [0.4, 0.5) is 0 Å². The number of nitrogens with zero attached hydrogens (tertiary/aromatic N) is 2. The summed E-state index contributed by atoms with van der Waals surface area (Å²) in [5, 5.41) is 8.06. The number of methoxy groups -OCH3 is 1. The molecule has 0 bridgehead atoms. The van der Waals surface area contributed by atoms with Crippen LogP contribution in [0.15, 0.2) is 75.8 Å². The van der Waals surface area contributed by atoms with Crippen molar-refractivity contribution < 1.29 is 18.4 Å². The number of aromatic nitrogens is 2. The quantitative estimate of drug-likeness (QED) is 0.473. The minimum absolute atomic E-state index is 0.0246. The van der Waals surface area contributed by atoms with E-state index in [0.717, 1.165) is 16.9 Å². The summed E-state index contributed by atoms with van der Waals surface area (Å²) in [6.45, 7) is 0. The Morgan fingerprint density at radius 1 is 1.00 bits per heavy atom. The maximum atomic E-state index is 12.5. The van der Waals surface area contributed by atoms with Gasteiger partial charge < -0.3 is 13.6 Å². The fraction of sp³-hybridized carbons (Fsp3) is 0.0952. The van der Waals surface area contributed by atoms with Gasteiger partial charge in [0.2, 0.25) is 5.89 Å². The SMILES string of the molecule is COc1ccc(C(=O)Cc2cccc(-c3nnc(-c4ccco4)o3)c2)cc1. The summed E-state index contributed by atoms with van der Waals surface area (Å²) in [5.41, 5.74) is 2.26. The van der Waals surface area contributed by atoms with E-state index in [4.69, 9.17) is 13.6 Å². The lowest BCUT2D eigenvalue weighted by molar-refractivity contribution is 0.0993. The highest BCUT2D eigenvalue weighted by Gasteiger charge is 2.14. The van der Waals surface area contributed by atoms with Crippen LogP contribution < -0.4 is 4.74 Å². The predicted octanol–water partition coefficient (Wildman–Crippen LogP) is 4.43. The number of benzene rings is 2. The van der Waals surface area contributed by atoms with Crippen molar-refractivity contribution in [1.82, 2.24) is 10.2 Å². The minimum Gasteiger partial charge on any atom is -0.497 e. The average molecular weight is 360 g/mol. The zero-order valence-electron chi connectivity index (χ0n) is 14.6. The summed E-state index contributed by atoms with van der Waals surface area (Å²) in [4.78, 5) is 12.5. The van der Waals surface area contributed by atoms with E-state index in [1.54, 1.807) is 49.8 Å². The van der Waals surface area contributed by atoms with Crippen LogP contribution >= 0.6 is 0 Å². The molecule has 134 valence electrons. The molecule has 0 atom stereocenters. The summed E-state index contributed by atoms with van der Waals surface area (Å²) in [6, 6.07) is 18.1. The first-order chi connectivity index (χ1) is 13.2. The third kappa shape index (κ3) is 3.64. The molecule has 4 aromatic rings. The van der Waals surface area contributed by atoms with Gasteiger partial charge in [-0.15, -0.1) is 10.2 Å². The van der Waals surface area contributed by atoms with E-state index in [0.29, 0.717) is 23.1 Å². The van der Waals surface area contributed by atoms with Crippen molar-refractivity contribution in [3.05, 3.63) is 78.1 Å². The second-order valence-electron chi connectivity index (χ2n) is 5.92. The summed E-state index contributed by atoms with van der Waals surface area (Å²) < 4.78 is 16.0. The largest absolute Gasteiger partial charge is 0.497 e. The van der Waals surface area contributed by atoms with Crippen LogP contribution in [0.3, 0.4) is 0 Å². The van der Waals surface area contributed by atoms with Crippen LogP contribution in [0, 0.1) is 0 Å². The molecule has 0 spiro atoms. The molecule has 2 aromatic carbocycles. The van der Waals surface area contributed by atoms with Crippen molar-refractivity contribution in [2.45, 2.75) is 6.42 Å². The lowest BCUT2D eigenvalue weighted by Gasteiger charge is -2.04. The summed E-state index contributed by atoms with van der Waals surface area (Å²) in [7, 11) is 1.59. The van der Waals surface area contributed by atoms with Gasteiger partial charge >= 0.3 is 0 Å². The Morgan fingerprint density at radius 2 is 1.81 bits per heavy atom. The van der Waals surface area contributed by atoms with Gasteiger partial charge in [-0.25, -0.2) is 0 Å².